The maximum Gasteiger partial charge on any atom is 0.134 e. The molecule has 0 amide bonds. The quantitative estimate of drug-likeness (QED) is 0.176. The van der Waals surface area contributed by atoms with Crippen LogP contribution in [0.2, 0.25) is 0 Å². The standard InChI is InChI=1S/C31H30O2/c1-2-3-4-5-6-7-8-9-25-18-24-17-22-11-13-26-27(29(22)20-31(24)33-25)12-10-21-16-23-14-15-32-30(23)19-28(21)26/h10-20H,2-9H2,1H3. The number of fused-ring (bicyclic) bond motifs is 7. The van der Waals surface area contributed by atoms with E-state index in [-0.39, 0.29) is 0 Å². The van der Waals surface area contributed by atoms with Gasteiger partial charge in [-0.1, -0.05) is 69.7 Å². The second kappa shape index (κ2) is 8.59. The van der Waals surface area contributed by atoms with Crippen molar-refractivity contribution in [1.29, 1.82) is 0 Å². The Morgan fingerprint density at radius 2 is 1.21 bits per heavy atom. The summed E-state index contributed by atoms with van der Waals surface area (Å²) in [6.07, 6.45) is 12.1. The van der Waals surface area contributed by atoms with Gasteiger partial charge in [0.15, 0.2) is 0 Å². The largest absolute Gasteiger partial charge is 0.464 e. The Morgan fingerprint density at radius 1 is 0.545 bits per heavy atom. The third kappa shape index (κ3) is 3.78. The Labute approximate surface area is 194 Å². The van der Waals surface area contributed by atoms with Crippen LogP contribution in [0.1, 0.15) is 57.6 Å². The van der Waals surface area contributed by atoms with Crippen molar-refractivity contribution < 1.29 is 8.83 Å². The van der Waals surface area contributed by atoms with Crippen molar-refractivity contribution in [3.8, 4) is 0 Å². The summed E-state index contributed by atoms with van der Waals surface area (Å²) in [6, 6.07) is 22.1. The van der Waals surface area contributed by atoms with Crippen LogP contribution in [-0.2, 0) is 6.42 Å². The molecule has 33 heavy (non-hydrogen) atoms. The molecule has 4 aromatic carbocycles. The summed E-state index contributed by atoms with van der Waals surface area (Å²) in [5.74, 6) is 1.11. The molecule has 0 aliphatic heterocycles. The second-order valence-electron chi connectivity index (χ2n) is 9.45. The number of unbranched alkanes of at least 4 members (excludes halogenated alkanes) is 6. The number of furan rings is 2. The molecule has 0 aliphatic rings. The van der Waals surface area contributed by atoms with Gasteiger partial charge in [0.25, 0.3) is 0 Å². The maximum atomic E-state index is 6.29. The van der Waals surface area contributed by atoms with E-state index in [1.165, 1.54) is 82.6 Å². The smallest absolute Gasteiger partial charge is 0.134 e. The monoisotopic (exact) mass is 434 g/mol. The highest BCUT2D eigenvalue weighted by Gasteiger charge is 2.11. The molecule has 0 unspecified atom stereocenters. The highest BCUT2D eigenvalue weighted by molar-refractivity contribution is 6.20. The minimum absolute atomic E-state index is 0.937. The normalized spacial score (nSPS) is 12.2. The second-order valence-corrected chi connectivity index (χ2v) is 9.45. The van der Waals surface area contributed by atoms with E-state index < -0.39 is 0 Å². The third-order valence-electron chi connectivity index (χ3n) is 7.12. The van der Waals surface area contributed by atoms with Gasteiger partial charge in [-0.05, 0) is 75.1 Å². The molecular formula is C31H30O2. The predicted octanol–water partition coefficient (Wildman–Crippen LogP) is 9.93. The van der Waals surface area contributed by atoms with E-state index in [4.69, 9.17) is 8.83 Å². The highest BCUT2D eigenvalue weighted by Crippen LogP contribution is 2.36. The van der Waals surface area contributed by atoms with Gasteiger partial charge < -0.3 is 8.83 Å². The maximum absolute atomic E-state index is 6.29. The van der Waals surface area contributed by atoms with Crippen LogP contribution in [-0.4, -0.2) is 0 Å². The van der Waals surface area contributed by atoms with E-state index in [0.29, 0.717) is 0 Å². The first-order valence-corrected chi connectivity index (χ1v) is 12.5. The van der Waals surface area contributed by atoms with Crippen molar-refractivity contribution in [3.63, 3.8) is 0 Å². The van der Waals surface area contributed by atoms with E-state index in [2.05, 4.69) is 61.5 Å². The molecule has 0 fully saturated rings. The van der Waals surface area contributed by atoms with E-state index >= 15 is 0 Å². The van der Waals surface area contributed by atoms with E-state index in [9.17, 15) is 0 Å². The summed E-state index contributed by atoms with van der Waals surface area (Å²) < 4.78 is 12.0. The number of aryl methyl sites for hydroxylation is 1. The summed E-state index contributed by atoms with van der Waals surface area (Å²) >= 11 is 0. The van der Waals surface area contributed by atoms with Crippen LogP contribution in [0.5, 0.6) is 0 Å². The zero-order valence-corrected chi connectivity index (χ0v) is 19.3. The number of hydrogen-bond acceptors (Lipinski definition) is 2. The molecule has 0 spiro atoms. The van der Waals surface area contributed by atoms with Crippen molar-refractivity contribution in [2.45, 2.75) is 58.3 Å². The van der Waals surface area contributed by atoms with E-state index in [1.807, 2.05) is 6.07 Å². The molecule has 0 radical (unpaired) electrons. The number of rotatable bonds is 8. The topological polar surface area (TPSA) is 26.3 Å². The molecule has 0 N–H and O–H groups in total. The Hall–Kier alpha value is -3.26. The van der Waals surface area contributed by atoms with Crippen molar-refractivity contribution in [2.75, 3.05) is 0 Å². The number of benzene rings is 4. The lowest BCUT2D eigenvalue weighted by Gasteiger charge is -2.08. The molecule has 6 rings (SSSR count). The van der Waals surface area contributed by atoms with Gasteiger partial charge in [0.05, 0.1) is 6.26 Å². The molecule has 2 heteroatoms. The summed E-state index contributed by atoms with van der Waals surface area (Å²) in [5.41, 5.74) is 1.93. The van der Waals surface area contributed by atoms with Crippen LogP contribution < -0.4 is 0 Å². The van der Waals surface area contributed by atoms with Crippen molar-refractivity contribution >= 4 is 54.3 Å². The zero-order chi connectivity index (χ0) is 22.2. The van der Waals surface area contributed by atoms with Gasteiger partial charge in [0.1, 0.15) is 16.9 Å². The lowest BCUT2D eigenvalue weighted by molar-refractivity contribution is 0.520. The molecular weight excluding hydrogens is 404 g/mol. The molecule has 2 heterocycles. The van der Waals surface area contributed by atoms with Crippen molar-refractivity contribution in [3.05, 3.63) is 72.7 Å². The Kier molecular flexibility index (Phi) is 5.30. The van der Waals surface area contributed by atoms with Gasteiger partial charge in [0, 0.05) is 17.2 Å². The zero-order valence-electron chi connectivity index (χ0n) is 19.3. The fourth-order valence-corrected chi connectivity index (χ4v) is 5.30. The summed E-state index contributed by atoms with van der Waals surface area (Å²) in [5, 5.41) is 9.86. The lowest BCUT2D eigenvalue weighted by Crippen LogP contribution is -1.83. The highest BCUT2D eigenvalue weighted by atomic mass is 16.3. The molecule has 0 saturated heterocycles. The molecule has 166 valence electrons. The first-order valence-electron chi connectivity index (χ1n) is 12.5. The van der Waals surface area contributed by atoms with Gasteiger partial charge in [-0.2, -0.15) is 0 Å². The van der Waals surface area contributed by atoms with E-state index in [1.54, 1.807) is 6.26 Å². The summed E-state index contributed by atoms with van der Waals surface area (Å²) in [4.78, 5) is 0. The fraction of sp³-hybridized carbons (Fsp3) is 0.290. The van der Waals surface area contributed by atoms with Gasteiger partial charge >= 0.3 is 0 Å². The lowest BCUT2D eigenvalue weighted by atomic mass is 9.96. The Balaban J connectivity index is 1.33. The van der Waals surface area contributed by atoms with Crippen LogP contribution in [0, 0.1) is 0 Å². The molecule has 6 aromatic rings. The van der Waals surface area contributed by atoms with Crippen LogP contribution in [0.15, 0.2) is 75.8 Å². The Morgan fingerprint density at radius 3 is 1.97 bits per heavy atom. The van der Waals surface area contributed by atoms with Crippen LogP contribution in [0.4, 0.5) is 0 Å². The van der Waals surface area contributed by atoms with Crippen molar-refractivity contribution in [2.24, 2.45) is 0 Å². The SMILES string of the molecule is CCCCCCCCCc1cc2cc3ccc4c5cc6occc6cc5ccc4c3cc2o1. The fourth-order valence-electron chi connectivity index (χ4n) is 5.30. The average Bonchev–Trinajstić information content (AvgIpc) is 3.46. The number of hydrogen-bond donors (Lipinski definition) is 0. The molecule has 2 aromatic heterocycles. The van der Waals surface area contributed by atoms with Gasteiger partial charge in [0.2, 0.25) is 0 Å². The summed E-state index contributed by atoms with van der Waals surface area (Å²) in [7, 11) is 0. The molecule has 2 nitrogen and oxygen atoms in total. The van der Waals surface area contributed by atoms with Gasteiger partial charge in [-0.25, -0.2) is 0 Å². The van der Waals surface area contributed by atoms with Crippen LogP contribution >= 0.6 is 0 Å². The molecule has 0 bridgehead atoms. The predicted molar refractivity (Wildman–Crippen MR) is 140 cm³/mol. The van der Waals surface area contributed by atoms with Crippen molar-refractivity contribution in [1.82, 2.24) is 0 Å². The van der Waals surface area contributed by atoms with Crippen LogP contribution in [0.25, 0.3) is 54.3 Å². The minimum Gasteiger partial charge on any atom is -0.464 e. The average molecular weight is 435 g/mol. The van der Waals surface area contributed by atoms with Crippen LogP contribution in [0.3, 0.4) is 0 Å². The first-order chi connectivity index (χ1) is 16.3. The minimum atomic E-state index is 0.937. The van der Waals surface area contributed by atoms with E-state index in [0.717, 1.165) is 28.7 Å². The van der Waals surface area contributed by atoms with Gasteiger partial charge in [-0.3, -0.25) is 0 Å². The first kappa shape index (κ1) is 20.4. The molecule has 0 aliphatic carbocycles. The molecule has 0 saturated carbocycles. The third-order valence-corrected chi connectivity index (χ3v) is 7.12. The summed E-state index contributed by atoms with van der Waals surface area (Å²) in [6.45, 7) is 2.27. The van der Waals surface area contributed by atoms with Gasteiger partial charge in [-0.15, -0.1) is 0 Å². The Bertz CT molecular complexity index is 1580. The molecule has 0 atom stereocenters.